The number of aromatic amines is 1. The standard InChI is InChI=1S/C13H13FN2S/c1-7-4-8(2)11(9(3)5-7)12-10(14)6-15-13(17)16-12/h4-6H,1-3H3,(H,15,16,17). The van der Waals surface area contributed by atoms with Crippen molar-refractivity contribution in [2.75, 3.05) is 0 Å². The first-order chi connectivity index (χ1) is 7.99. The summed E-state index contributed by atoms with van der Waals surface area (Å²) in [6.07, 6.45) is 1.16. The maximum Gasteiger partial charge on any atom is 0.197 e. The topological polar surface area (TPSA) is 28.7 Å². The Kier molecular flexibility index (Phi) is 3.07. The molecule has 0 saturated heterocycles. The maximum absolute atomic E-state index is 13.8. The molecule has 0 atom stereocenters. The van der Waals surface area contributed by atoms with Gasteiger partial charge in [-0.25, -0.2) is 9.37 Å². The average molecular weight is 248 g/mol. The van der Waals surface area contributed by atoms with Crippen LogP contribution in [-0.4, -0.2) is 9.97 Å². The van der Waals surface area contributed by atoms with Gasteiger partial charge in [0, 0.05) is 5.56 Å². The van der Waals surface area contributed by atoms with E-state index in [2.05, 4.69) is 9.97 Å². The van der Waals surface area contributed by atoms with Crippen molar-refractivity contribution >= 4 is 12.2 Å². The largest absolute Gasteiger partial charge is 0.328 e. The zero-order valence-electron chi connectivity index (χ0n) is 9.97. The number of aryl methyl sites for hydroxylation is 3. The summed E-state index contributed by atoms with van der Waals surface area (Å²) < 4.78 is 14.1. The van der Waals surface area contributed by atoms with Gasteiger partial charge in [0.05, 0.1) is 11.9 Å². The molecule has 0 aliphatic heterocycles. The quantitative estimate of drug-likeness (QED) is 0.776. The third-order valence-corrected chi connectivity index (χ3v) is 2.90. The second-order valence-electron chi connectivity index (χ2n) is 4.19. The Hall–Kier alpha value is -1.55. The van der Waals surface area contributed by atoms with Gasteiger partial charge >= 0.3 is 0 Å². The fourth-order valence-electron chi connectivity index (χ4n) is 2.14. The minimum atomic E-state index is -0.381. The second-order valence-corrected chi connectivity index (χ2v) is 4.57. The molecule has 1 aromatic heterocycles. The van der Waals surface area contributed by atoms with Crippen molar-refractivity contribution in [2.45, 2.75) is 20.8 Å². The molecule has 2 rings (SSSR count). The van der Waals surface area contributed by atoms with Crippen LogP contribution in [0.1, 0.15) is 16.7 Å². The van der Waals surface area contributed by atoms with Gasteiger partial charge in [-0.3, -0.25) is 0 Å². The van der Waals surface area contributed by atoms with E-state index in [9.17, 15) is 4.39 Å². The summed E-state index contributed by atoms with van der Waals surface area (Å²) in [5.74, 6) is -0.381. The van der Waals surface area contributed by atoms with Crippen molar-refractivity contribution in [3.05, 3.63) is 45.6 Å². The van der Waals surface area contributed by atoms with Crippen molar-refractivity contribution in [2.24, 2.45) is 0 Å². The lowest BCUT2D eigenvalue weighted by molar-refractivity contribution is 0.616. The highest BCUT2D eigenvalue weighted by molar-refractivity contribution is 7.71. The smallest absolute Gasteiger partial charge is 0.197 e. The number of benzene rings is 1. The molecule has 0 bridgehead atoms. The number of H-pyrrole nitrogens is 1. The van der Waals surface area contributed by atoms with Gasteiger partial charge < -0.3 is 4.98 Å². The fraction of sp³-hybridized carbons (Fsp3) is 0.231. The summed E-state index contributed by atoms with van der Waals surface area (Å²) in [6, 6.07) is 4.05. The maximum atomic E-state index is 13.8. The molecule has 2 nitrogen and oxygen atoms in total. The first kappa shape index (κ1) is 11.9. The fourth-order valence-corrected chi connectivity index (χ4v) is 2.29. The van der Waals surface area contributed by atoms with Crippen LogP contribution in [0.5, 0.6) is 0 Å². The molecule has 0 radical (unpaired) electrons. The second kappa shape index (κ2) is 4.37. The van der Waals surface area contributed by atoms with E-state index in [4.69, 9.17) is 12.2 Å². The Morgan fingerprint density at radius 3 is 2.35 bits per heavy atom. The molecule has 0 aliphatic rings. The van der Waals surface area contributed by atoms with E-state index in [1.807, 2.05) is 32.9 Å². The van der Waals surface area contributed by atoms with E-state index in [1.54, 1.807) is 0 Å². The molecule has 88 valence electrons. The van der Waals surface area contributed by atoms with Crippen molar-refractivity contribution < 1.29 is 4.39 Å². The van der Waals surface area contributed by atoms with Crippen LogP contribution in [0, 0.1) is 31.4 Å². The number of nitrogens with one attached hydrogen (secondary N) is 1. The van der Waals surface area contributed by atoms with Crippen LogP contribution in [0.25, 0.3) is 11.3 Å². The monoisotopic (exact) mass is 248 g/mol. The van der Waals surface area contributed by atoms with Gasteiger partial charge in [-0.05, 0) is 44.1 Å². The molecule has 17 heavy (non-hydrogen) atoms. The zero-order valence-corrected chi connectivity index (χ0v) is 10.8. The lowest BCUT2D eigenvalue weighted by atomic mass is 9.97. The van der Waals surface area contributed by atoms with Gasteiger partial charge in [0.2, 0.25) is 0 Å². The predicted octanol–water partition coefficient (Wildman–Crippen LogP) is 3.87. The number of aromatic nitrogens is 2. The molecule has 0 aliphatic carbocycles. The number of hydrogen-bond acceptors (Lipinski definition) is 2. The van der Waals surface area contributed by atoms with Crippen molar-refractivity contribution in [3.8, 4) is 11.3 Å². The molecule has 1 aromatic carbocycles. The van der Waals surface area contributed by atoms with E-state index in [0.29, 0.717) is 10.5 Å². The highest BCUT2D eigenvalue weighted by atomic mass is 32.1. The van der Waals surface area contributed by atoms with Crippen LogP contribution < -0.4 is 0 Å². The van der Waals surface area contributed by atoms with E-state index in [1.165, 1.54) is 0 Å². The minimum absolute atomic E-state index is 0.292. The lowest BCUT2D eigenvalue weighted by Gasteiger charge is -2.11. The molecule has 2 aromatic rings. The van der Waals surface area contributed by atoms with Crippen LogP contribution in [0.4, 0.5) is 4.39 Å². The van der Waals surface area contributed by atoms with Gasteiger partial charge in [0.25, 0.3) is 0 Å². The van der Waals surface area contributed by atoms with Crippen molar-refractivity contribution in [1.29, 1.82) is 0 Å². The molecular weight excluding hydrogens is 235 g/mol. The summed E-state index contributed by atoms with van der Waals surface area (Å²) in [7, 11) is 0. The molecule has 0 spiro atoms. The third kappa shape index (κ3) is 2.26. The van der Waals surface area contributed by atoms with Crippen LogP contribution in [-0.2, 0) is 0 Å². The molecule has 1 heterocycles. The van der Waals surface area contributed by atoms with Gasteiger partial charge in [0.1, 0.15) is 0 Å². The minimum Gasteiger partial charge on any atom is -0.328 e. The summed E-state index contributed by atoms with van der Waals surface area (Å²) in [5, 5.41) is 0. The Labute approximate surface area is 105 Å². The summed E-state index contributed by atoms with van der Waals surface area (Å²) in [6.45, 7) is 5.95. The Balaban J connectivity index is 2.77. The van der Waals surface area contributed by atoms with Gasteiger partial charge in [-0.1, -0.05) is 17.7 Å². The molecule has 0 saturated carbocycles. The average Bonchev–Trinajstić information content (AvgIpc) is 2.21. The summed E-state index contributed by atoms with van der Waals surface area (Å²) in [5.41, 5.74) is 4.50. The van der Waals surface area contributed by atoms with Gasteiger partial charge in [-0.15, -0.1) is 0 Å². The lowest BCUT2D eigenvalue weighted by Crippen LogP contribution is -1.97. The number of rotatable bonds is 1. The van der Waals surface area contributed by atoms with Crippen molar-refractivity contribution in [1.82, 2.24) is 9.97 Å². The highest BCUT2D eigenvalue weighted by Crippen LogP contribution is 2.28. The third-order valence-electron chi connectivity index (χ3n) is 2.69. The highest BCUT2D eigenvalue weighted by Gasteiger charge is 2.11. The summed E-state index contributed by atoms with van der Waals surface area (Å²) in [4.78, 5) is 6.55. The van der Waals surface area contributed by atoms with E-state index < -0.39 is 0 Å². The number of hydrogen-bond donors (Lipinski definition) is 1. The Morgan fingerprint density at radius 1 is 1.18 bits per heavy atom. The predicted molar refractivity (Wildman–Crippen MR) is 69.0 cm³/mol. The molecule has 0 fully saturated rings. The van der Waals surface area contributed by atoms with Crippen LogP contribution in [0.3, 0.4) is 0 Å². The van der Waals surface area contributed by atoms with Gasteiger partial charge in [-0.2, -0.15) is 0 Å². The van der Waals surface area contributed by atoms with Crippen LogP contribution in [0.2, 0.25) is 0 Å². The number of halogens is 1. The van der Waals surface area contributed by atoms with E-state index >= 15 is 0 Å². The Morgan fingerprint density at radius 2 is 1.76 bits per heavy atom. The first-order valence-electron chi connectivity index (χ1n) is 5.32. The first-order valence-corrected chi connectivity index (χ1v) is 5.73. The molecular formula is C13H13FN2S. The van der Waals surface area contributed by atoms with Crippen LogP contribution in [0.15, 0.2) is 18.3 Å². The summed E-state index contributed by atoms with van der Waals surface area (Å²) >= 11 is 4.94. The normalized spacial score (nSPS) is 10.6. The van der Waals surface area contributed by atoms with E-state index in [0.717, 1.165) is 28.5 Å². The molecule has 1 N–H and O–H groups in total. The van der Waals surface area contributed by atoms with Crippen molar-refractivity contribution in [3.63, 3.8) is 0 Å². The Bertz CT molecular complexity index is 609. The SMILES string of the molecule is Cc1cc(C)c(-c2[nH]c(=S)ncc2F)c(C)c1. The van der Waals surface area contributed by atoms with E-state index in [-0.39, 0.29) is 5.82 Å². The molecule has 4 heteroatoms. The molecule has 0 unspecified atom stereocenters. The number of nitrogens with zero attached hydrogens (tertiary/aromatic N) is 1. The zero-order chi connectivity index (χ0) is 12.6. The van der Waals surface area contributed by atoms with Crippen LogP contribution >= 0.6 is 12.2 Å². The molecule has 0 amide bonds. The van der Waals surface area contributed by atoms with Gasteiger partial charge in [0.15, 0.2) is 10.6 Å².